The van der Waals surface area contributed by atoms with Gasteiger partial charge in [-0.15, -0.1) is 0 Å². The van der Waals surface area contributed by atoms with E-state index in [2.05, 4.69) is 0 Å². The topological polar surface area (TPSA) is 60.7 Å². The molecule has 0 saturated carbocycles. The van der Waals surface area contributed by atoms with Gasteiger partial charge < -0.3 is 15.3 Å². The van der Waals surface area contributed by atoms with Crippen molar-refractivity contribution in [1.82, 2.24) is 0 Å². The first-order valence-electron chi connectivity index (χ1n) is 2.92. The van der Waals surface area contributed by atoms with Crippen LogP contribution in [0.4, 0.5) is 0 Å². The molecule has 0 fully saturated rings. The summed E-state index contributed by atoms with van der Waals surface area (Å²) in [6, 6.07) is 3.56. The van der Waals surface area contributed by atoms with Crippen LogP contribution in [0, 0.1) is 0 Å². The molecule has 0 radical (unpaired) electrons. The minimum absolute atomic E-state index is 0.0645. The van der Waals surface area contributed by atoms with Gasteiger partial charge in [-0.05, 0) is 12.1 Å². The Labute approximate surface area is 92.2 Å². The van der Waals surface area contributed by atoms with Crippen molar-refractivity contribution >= 4 is 41.7 Å². The smallest absolute Gasteiger partial charge is 0.161 e. The minimum Gasteiger partial charge on any atom is -0.508 e. The second-order valence-electron chi connectivity index (χ2n) is 1.86. The van der Waals surface area contributed by atoms with Crippen molar-refractivity contribution in [2.45, 2.75) is 0 Å². The maximum absolute atomic E-state index is 8.69. The molecule has 1 aromatic carbocycles. The molecular weight excluding hydrogens is 301 g/mol. The first kappa shape index (κ1) is 13.0. The molecule has 3 N–H and O–H groups in total. The first-order valence-corrected chi connectivity index (χ1v) is 10.3. The molecule has 7 heteroatoms. The largest absolute Gasteiger partial charge is 0.508 e. The Bertz CT molecular complexity index is 267. The SMILES string of the molecule is Cl[As](Cl)Cl.Oc1ccc(O)c(O)c1. The van der Waals surface area contributed by atoms with Gasteiger partial charge in [0, 0.05) is 6.07 Å². The van der Waals surface area contributed by atoms with Crippen LogP contribution in [0.5, 0.6) is 17.2 Å². The van der Waals surface area contributed by atoms with Gasteiger partial charge in [-0.2, -0.15) is 0 Å². The van der Waals surface area contributed by atoms with Gasteiger partial charge in [0.2, 0.25) is 0 Å². The quantitative estimate of drug-likeness (QED) is 0.392. The summed E-state index contributed by atoms with van der Waals surface area (Å²) in [5, 5.41) is 26.0. The summed E-state index contributed by atoms with van der Waals surface area (Å²) in [5.74, 6) is -0.604. The number of phenols is 3. The van der Waals surface area contributed by atoms with Gasteiger partial charge in [0.1, 0.15) is 5.75 Å². The molecule has 0 aliphatic rings. The van der Waals surface area contributed by atoms with Crippen LogP contribution in [0.2, 0.25) is 0 Å². The molecule has 1 aromatic rings. The standard InChI is InChI=1S/C6H6O3.AsCl3/c7-4-1-2-5(8)6(9)3-4;2-1(3)4/h1-3,7-9H;. The zero-order chi connectivity index (χ0) is 10.4. The Balaban J connectivity index is 0.000000310. The monoisotopic (exact) mass is 306 g/mol. The average molecular weight is 307 g/mol. The molecule has 13 heavy (non-hydrogen) atoms. The van der Waals surface area contributed by atoms with Crippen molar-refractivity contribution in [3.8, 4) is 17.2 Å². The van der Waals surface area contributed by atoms with Crippen LogP contribution in [0.3, 0.4) is 0 Å². The summed E-state index contributed by atoms with van der Waals surface area (Å²) in [6.45, 7) is 0. The van der Waals surface area contributed by atoms with E-state index in [1.54, 1.807) is 0 Å². The maximum Gasteiger partial charge on any atom is 0.161 e. The van der Waals surface area contributed by atoms with E-state index in [0.717, 1.165) is 6.07 Å². The van der Waals surface area contributed by atoms with Gasteiger partial charge in [0.25, 0.3) is 0 Å². The van der Waals surface area contributed by atoms with Gasteiger partial charge >= 0.3 is 41.7 Å². The average Bonchev–Trinajstić information content (AvgIpc) is 1.96. The molecule has 74 valence electrons. The number of hydrogen-bond donors (Lipinski definition) is 3. The van der Waals surface area contributed by atoms with E-state index in [9.17, 15) is 0 Å². The zero-order valence-electron chi connectivity index (χ0n) is 6.15. The fourth-order valence-electron chi connectivity index (χ4n) is 0.512. The van der Waals surface area contributed by atoms with Crippen LogP contribution in [0.1, 0.15) is 0 Å². The third kappa shape index (κ3) is 7.15. The van der Waals surface area contributed by atoms with E-state index >= 15 is 0 Å². The molecule has 0 aliphatic carbocycles. The third-order valence-electron chi connectivity index (χ3n) is 0.959. The molecule has 0 saturated heterocycles. The van der Waals surface area contributed by atoms with Crippen LogP contribution < -0.4 is 0 Å². The number of rotatable bonds is 0. The van der Waals surface area contributed by atoms with E-state index in [1.165, 1.54) is 12.1 Å². The predicted molar refractivity (Wildman–Crippen MR) is 54.7 cm³/mol. The van der Waals surface area contributed by atoms with Crippen LogP contribution in [0.25, 0.3) is 0 Å². The van der Waals surface area contributed by atoms with E-state index in [1.807, 2.05) is 0 Å². The third-order valence-corrected chi connectivity index (χ3v) is 0.959. The summed E-state index contributed by atoms with van der Waals surface area (Å²) in [4.78, 5) is 0. The molecule has 0 spiro atoms. The van der Waals surface area contributed by atoms with Crippen molar-refractivity contribution in [3.63, 3.8) is 0 Å². The van der Waals surface area contributed by atoms with Crippen molar-refractivity contribution < 1.29 is 15.3 Å². The molecule has 0 atom stereocenters. The first-order chi connectivity index (χ1) is 5.93. The van der Waals surface area contributed by atoms with Gasteiger partial charge in [-0.3, -0.25) is 0 Å². The van der Waals surface area contributed by atoms with E-state index in [4.69, 9.17) is 45.2 Å². The molecule has 0 amide bonds. The number of phenolic OH excluding ortho intramolecular Hbond substituents is 3. The Morgan fingerprint density at radius 3 is 1.69 bits per heavy atom. The zero-order valence-corrected chi connectivity index (χ0v) is 10.3. The Kier molecular flexibility index (Phi) is 6.52. The summed E-state index contributed by atoms with van der Waals surface area (Å²) in [6.07, 6.45) is 0. The molecule has 1 rings (SSSR count). The normalized spacial score (nSPS) is 9.23. The van der Waals surface area contributed by atoms with Gasteiger partial charge in [-0.25, -0.2) is 0 Å². The molecule has 3 nitrogen and oxygen atoms in total. The molecule has 0 bridgehead atoms. The Morgan fingerprint density at radius 2 is 1.38 bits per heavy atom. The molecule has 0 unspecified atom stereocenters. The second kappa shape index (κ2) is 6.49. The van der Waals surface area contributed by atoms with Gasteiger partial charge in [0.05, 0.1) is 0 Å². The summed E-state index contributed by atoms with van der Waals surface area (Å²) in [7, 11) is 14.9. The van der Waals surface area contributed by atoms with E-state index in [-0.39, 0.29) is 17.2 Å². The molecule has 0 aliphatic heterocycles. The van der Waals surface area contributed by atoms with E-state index < -0.39 is 11.8 Å². The van der Waals surface area contributed by atoms with Crippen LogP contribution in [-0.2, 0) is 0 Å². The number of halogens is 3. The van der Waals surface area contributed by atoms with Crippen molar-refractivity contribution in [2.75, 3.05) is 0 Å². The van der Waals surface area contributed by atoms with Gasteiger partial charge in [-0.1, -0.05) is 0 Å². The molecular formula is C6H6AsCl3O3. The number of aromatic hydroxyl groups is 3. The minimum atomic E-state index is -1.77. The van der Waals surface area contributed by atoms with Crippen molar-refractivity contribution in [1.29, 1.82) is 0 Å². The van der Waals surface area contributed by atoms with Crippen molar-refractivity contribution in [3.05, 3.63) is 18.2 Å². The summed E-state index contributed by atoms with van der Waals surface area (Å²) >= 11 is -1.77. The summed E-state index contributed by atoms with van der Waals surface area (Å²) < 4.78 is 0. The number of hydrogen-bond acceptors (Lipinski definition) is 3. The Hall–Kier alpha value is 0.0484. The number of benzene rings is 1. The molecule has 0 aromatic heterocycles. The predicted octanol–water partition coefficient (Wildman–Crippen LogP) is 2.49. The van der Waals surface area contributed by atoms with E-state index in [0.29, 0.717) is 0 Å². The fraction of sp³-hybridized carbons (Fsp3) is 0. The van der Waals surface area contributed by atoms with Crippen LogP contribution in [0.15, 0.2) is 18.2 Å². The van der Waals surface area contributed by atoms with Crippen LogP contribution >= 0.6 is 29.8 Å². The fourth-order valence-corrected chi connectivity index (χ4v) is 0.512. The second-order valence-corrected chi connectivity index (χ2v) is 10.6. The maximum atomic E-state index is 8.69. The van der Waals surface area contributed by atoms with Crippen LogP contribution in [-0.4, -0.2) is 27.1 Å². The summed E-state index contributed by atoms with van der Waals surface area (Å²) in [5.41, 5.74) is 0. The molecule has 0 heterocycles. The van der Waals surface area contributed by atoms with Gasteiger partial charge in [0.15, 0.2) is 11.5 Å². The Morgan fingerprint density at radius 1 is 0.923 bits per heavy atom. The van der Waals surface area contributed by atoms with Crippen molar-refractivity contribution in [2.24, 2.45) is 0 Å².